The molecule has 0 fully saturated rings. The van der Waals surface area contributed by atoms with Crippen LogP contribution in [0.4, 0.5) is 0 Å². The largest absolute Gasteiger partial charge is 0.486 e. The van der Waals surface area contributed by atoms with E-state index in [1.165, 1.54) is 12.1 Å². The molecule has 5 rings (SSSR count). The van der Waals surface area contributed by atoms with Crippen LogP contribution in [-0.4, -0.2) is 44.6 Å². The molecule has 1 aliphatic heterocycles. The third-order valence-corrected chi connectivity index (χ3v) is 7.68. The minimum absolute atomic E-state index is 0.0120. The van der Waals surface area contributed by atoms with Crippen LogP contribution in [0.25, 0.3) is 10.8 Å². The first-order valence-corrected chi connectivity index (χ1v) is 13.2. The Morgan fingerprint density at radius 2 is 1.62 bits per heavy atom. The van der Waals surface area contributed by atoms with Crippen molar-refractivity contribution in [2.75, 3.05) is 19.8 Å². The molecule has 37 heavy (non-hydrogen) atoms. The van der Waals surface area contributed by atoms with Gasteiger partial charge in [0.2, 0.25) is 10.0 Å². The van der Waals surface area contributed by atoms with E-state index in [0.29, 0.717) is 24.7 Å². The average molecular weight is 516 g/mol. The van der Waals surface area contributed by atoms with Crippen molar-refractivity contribution in [2.24, 2.45) is 5.10 Å². The van der Waals surface area contributed by atoms with E-state index < -0.39 is 22.5 Å². The van der Waals surface area contributed by atoms with Gasteiger partial charge >= 0.3 is 0 Å². The van der Waals surface area contributed by atoms with Crippen molar-refractivity contribution in [3.63, 3.8) is 0 Å². The van der Waals surface area contributed by atoms with E-state index >= 15 is 0 Å². The maximum absolute atomic E-state index is 13.6. The second-order valence-electron chi connectivity index (χ2n) is 8.43. The molecule has 4 aromatic carbocycles. The van der Waals surface area contributed by atoms with Gasteiger partial charge in [0.25, 0.3) is 5.91 Å². The lowest BCUT2D eigenvalue weighted by atomic mass is 10.1. The van der Waals surface area contributed by atoms with Gasteiger partial charge in [-0.2, -0.15) is 9.41 Å². The minimum atomic E-state index is -4.05. The summed E-state index contributed by atoms with van der Waals surface area (Å²) in [6.07, 6.45) is 1.55. The number of benzene rings is 4. The van der Waals surface area contributed by atoms with Gasteiger partial charge in [0.05, 0.1) is 17.7 Å². The second kappa shape index (κ2) is 10.8. The van der Waals surface area contributed by atoms with Crippen LogP contribution < -0.4 is 14.9 Å². The summed E-state index contributed by atoms with van der Waals surface area (Å²) < 4.78 is 39.4. The fraction of sp³-hybridized carbons (Fsp3) is 0.143. The van der Waals surface area contributed by atoms with Gasteiger partial charge in [-0.3, -0.25) is 4.79 Å². The van der Waals surface area contributed by atoms with E-state index in [1.807, 2.05) is 72.8 Å². The van der Waals surface area contributed by atoms with Crippen LogP contribution in [0, 0.1) is 0 Å². The first-order valence-electron chi connectivity index (χ1n) is 11.7. The fourth-order valence-corrected chi connectivity index (χ4v) is 5.48. The predicted molar refractivity (Wildman–Crippen MR) is 141 cm³/mol. The maximum atomic E-state index is 13.6. The SMILES string of the molecule is O=C(CN(Cc1ccccc1)S(=O)(=O)c1ccc2c(c1)OCCO2)N/N=C\c1cccc2ccccc12. The number of rotatable bonds is 8. The summed E-state index contributed by atoms with van der Waals surface area (Å²) in [5.74, 6) is 0.282. The third-order valence-electron chi connectivity index (χ3n) is 5.89. The number of sulfonamides is 1. The Bertz CT molecular complexity index is 1550. The average Bonchev–Trinajstić information content (AvgIpc) is 2.93. The summed E-state index contributed by atoms with van der Waals surface area (Å²) in [5.41, 5.74) is 4.05. The number of hydrazone groups is 1. The van der Waals surface area contributed by atoms with E-state index in [9.17, 15) is 13.2 Å². The molecule has 9 heteroatoms. The lowest BCUT2D eigenvalue weighted by Crippen LogP contribution is -2.39. The summed E-state index contributed by atoms with van der Waals surface area (Å²) in [6.45, 7) is 0.330. The molecule has 1 amide bonds. The number of hydrogen-bond donors (Lipinski definition) is 1. The Kier molecular flexibility index (Phi) is 7.16. The van der Waals surface area contributed by atoms with Gasteiger partial charge in [0.15, 0.2) is 11.5 Å². The molecule has 0 aromatic heterocycles. The van der Waals surface area contributed by atoms with Gasteiger partial charge in [0.1, 0.15) is 13.2 Å². The summed E-state index contributed by atoms with van der Waals surface area (Å²) in [7, 11) is -4.05. The number of ether oxygens (including phenoxy) is 2. The molecule has 8 nitrogen and oxygen atoms in total. The van der Waals surface area contributed by atoms with Crippen molar-refractivity contribution >= 4 is 32.9 Å². The summed E-state index contributed by atoms with van der Waals surface area (Å²) >= 11 is 0. The molecule has 0 spiro atoms. The van der Waals surface area contributed by atoms with Crippen LogP contribution in [-0.2, 0) is 21.4 Å². The first kappa shape index (κ1) is 24.5. The van der Waals surface area contributed by atoms with Crippen LogP contribution in [0.1, 0.15) is 11.1 Å². The van der Waals surface area contributed by atoms with Crippen molar-refractivity contribution in [3.05, 3.63) is 102 Å². The van der Waals surface area contributed by atoms with Crippen molar-refractivity contribution < 1.29 is 22.7 Å². The number of nitrogens with one attached hydrogen (secondary N) is 1. The molecule has 188 valence electrons. The zero-order valence-electron chi connectivity index (χ0n) is 19.9. The molecular weight excluding hydrogens is 490 g/mol. The molecule has 1 heterocycles. The third kappa shape index (κ3) is 5.63. The van der Waals surface area contributed by atoms with E-state index in [0.717, 1.165) is 26.2 Å². The molecule has 0 atom stereocenters. The standard InChI is InChI=1S/C28H25N3O5S/c32-28(30-29-18-23-11-6-10-22-9-4-5-12-25(22)23)20-31(19-21-7-2-1-3-8-21)37(33,34)24-13-14-26-27(17-24)36-16-15-35-26/h1-14,17-18H,15-16,19-20H2,(H,30,32)/b29-18-. The zero-order valence-corrected chi connectivity index (χ0v) is 20.7. The summed E-state index contributed by atoms with van der Waals surface area (Å²) in [6, 6.07) is 27.2. The van der Waals surface area contributed by atoms with Gasteiger partial charge < -0.3 is 9.47 Å². The van der Waals surface area contributed by atoms with Crippen LogP contribution >= 0.6 is 0 Å². The number of fused-ring (bicyclic) bond motifs is 2. The number of nitrogens with zero attached hydrogens (tertiary/aromatic N) is 2. The molecule has 4 aromatic rings. The Labute approximate surface area is 215 Å². The number of carbonyl (C=O) groups is 1. The van der Waals surface area contributed by atoms with Crippen LogP contribution in [0.3, 0.4) is 0 Å². The highest BCUT2D eigenvalue weighted by atomic mass is 32.2. The van der Waals surface area contributed by atoms with Gasteiger partial charge in [-0.1, -0.05) is 72.8 Å². The Morgan fingerprint density at radius 1 is 0.892 bits per heavy atom. The van der Waals surface area contributed by atoms with Gasteiger partial charge in [-0.25, -0.2) is 13.8 Å². The highest BCUT2D eigenvalue weighted by molar-refractivity contribution is 7.89. The molecule has 0 unspecified atom stereocenters. The zero-order chi connectivity index (χ0) is 25.7. The number of carbonyl (C=O) groups excluding carboxylic acids is 1. The molecule has 0 aliphatic carbocycles. The monoisotopic (exact) mass is 515 g/mol. The fourth-order valence-electron chi connectivity index (χ4n) is 4.08. The van der Waals surface area contributed by atoms with Crippen LogP contribution in [0.2, 0.25) is 0 Å². The Hall–Kier alpha value is -4.21. The summed E-state index contributed by atoms with van der Waals surface area (Å²) in [4.78, 5) is 12.8. The smallest absolute Gasteiger partial charge is 0.255 e. The van der Waals surface area contributed by atoms with Gasteiger partial charge in [-0.15, -0.1) is 0 Å². The van der Waals surface area contributed by atoms with Gasteiger partial charge in [0, 0.05) is 18.2 Å². The summed E-state index contributed by atoms with van der Waals surface area (Å²) in [5, 5.41) is 6.13. The van der Waals surface area contributed by atoms with Crippen LogP contribution in [0.15, 0.2) is 101 Å². The highest BCUT2D eigenvalue weighted by Crippen LogP contribution is 2.33. The first-order chi connectivity index (χ1) is 18.0. The Balaban J connectivity index is 1.36. The lowest BCUT2D eigenvalue weighted by molar-refractivity contribution is -0.121. The molecule has 1 N–H and O–H groups in total. The molecule has 0 saturated heterocycles. The molecule has 0 radical (unpaired) electrons. The maximum Gasteiger partial charge on any atom is 0.255 e. The highest BCUT2D eigenvalue weighted by Gasteiger charge is 2.28. The molecule has 0 bridgehead atoms. The second-order valence-corrected chi connectivity index (χ2v) is 10.4. The van der Waals surface area contributed by atoms with E-state index in [1.54, 1.807) is 12.3 Å². The number of hydrogen-bond acceptors (Lipinski definition) is 6. The molecule has 0 saturated carbocycles. The van der Waals surface area contributed by atoms with Crippen LogP contribution in [0.5, 0.6) is 11.5 Å². The predicted octanol–water partition coefficient (Wildman–Crippen LogP) is 3.95. The van der Waals surface area contributed by atoms with E-state index in [2.05, 4.69) is 10.5 Å². The normalized spacial score (nSPS) is 13.2. The quantitative estimate of drug-likeness (QED) is 0.283. The molecule has 1 aliphatic rings. The number of amides is 1. The van der Waals surface area contributed by atoms with E-state index in [-0.39, 0.29) is 11.4 Å². The molecular formula is C28H25N3O5S. The van der Waals surface area contributed by atoms with Crippen molar-refractivity contribution in [3.8, 4) is 11.5 Å². The van der Waals surface area contributed by atoms with Crippen molar-refractivity contribution in [1.29, 1.82) is 0 Å². The lowest BCUT2D eigenvalue weighted by Gasteiger charge is -2.23. The topological polar surface area (TPSA) is 97.3 Å². The van der Waals surface area contributed by atoms with E-state index in [4.69, 9.17) is 9.47 Å². The van der Waals surface area contributed by atoms with Gasteiger partial charge in [-0.05, 0) is 28.5 Å². The van der Waals surface area contributed by atoms with Crippen molar-refractivity contribution in [1.82, 2.24) is 9.73 Å². The Morgan fingerprint density at radius 3 is 2.46 bits per heavy atom. The van der Waals surface area contributed by atoms with Crippen molar-refractivity contribution in [2.45, 2.75) is 11.4 Å². The minimum Gasteiger partial charge on any atom is -0.486 e.